The first-order valence-corrected chi connectivity index (χ1v) is 11.4. The fraction of sp³-hybridized carbons (Fsp3) is 0.480. The first-order chi connectivity index (χ1) is 15.1. The Kier molecular flexibility index (Phi) is 6.97. The van der Waals surface area contributed by atoms with Crippen molar-refractivity contribution < 1.29 is 9.59 Å². The Bertz CT molecular complexity index is 895. The highest BCUT2D eigenvalue weighted by molar-refractivity contribution is 5.84. The lowest BCUT2D eigenvalue weighted by atomic mass is 9.91. The van der Waals surface area contributed by atoms with E-state index < -0.39 is 0 Å². The average molecular weight is 421 g/mol. The molecule has 3 heterocycles. The minimum Gasteiger partial charge on any atom is -0.354 e. The van der Waals surface area contributed by atoms with E-state index in [1.54, 1.807) is 12.4 Å². The van der Waals surface area contributed by atoms with Crippen LogP contribution in [0.25, 0.3) is 11.1 Å². The van der Waals surface area contributed by atoms with Crippen LogP contribution in [0.2, 0.25) is 0 Å². The van der Waals surface area contributed by atoms with E-state index in [1.807, 2.05) is 36.1 Å². The molecular weight excluding hydrogens is 388 g/mol. The molecule has 164 valence electrons. The largest absolute Gasteiger partial charge is 0.354 e. The summed E-state index contributed by atoms with van der Waals surface area (Å²) in [5, 5.41) is 3.02. The van der Waals surface area contributed by atoms with Gasteiger partial charge < -0.3 is 10.2 Å². The number of piperidine rings is 1. The van der Waals surface area contributed by atoms with E-state index in [0.29, 0.717) is 26.1 Å². The van der Waals surface area contributed by atoms with Crippen molar-refractivity contribution >= 4 is 11.8 Å². The van der Waals surface area contributed by atoms with Gasteiger partial charge in [-0.2, -0.15) is 0 Å². The normalized spacial score (nSPS) is 21.3. The molecule has 2 aromatic rings. The number of amides is 2. The van der Waals surface area contributed by atoms with Crippen molar-refractivity contribution in [3.8, 4) is 11.1 Å². The molecule has 2 aliphatic rings. The summed E-state index contributed by atoms with van der Waals surface area (Å²) >= 11 is 0. The molecule has 1 aromatic heterocycles. The standard InChI is InChI=1S/C25H32N4O2/c1-19(28-14-5-2-6-15-28)25(31)29-16-13-27-24(30)22(18-29)17-21-7-3-4-8-23(21)20-9-11-26-12-10-20/h3-4,7-12,19,22H,2,5-6,13-18H2,1H3,(H,27,30)/t19-,22+/m0/s1. The van der Waals surface area contributed by atoms with E-state index in [1.165, 1.54) is 6.42 Å². The summed E-state index contributed by atoms with van der Waals surface area (Å²) in [6, 6.07) is 12.0. The van der Waals surface area contributed by atoms with Gasteiger partial charge in [-0.05, 0) is 68.1 Å². The summed E-state index contributed by atoms with van der Waals surface area (Å²) < 4.78 is 0. The molecule has 0 saturated carbocycles. The van der Waals surface area contributed by atoms with Crippen LogP contribution in [-0.2, 0) is 16.0 Å². The van der Waals surface area contributed by atoms with Crippen molar-refractivity contribution in [1.29, 1.82) is 0 Å². The van der Waals surface area contributed by atoms with Gasteiger partial charge in [-0.25, -0.2) is 0 Å². The number of nitrogens with zero attached hydrogens (tertiary/aromatic N) is 3. The van der Waals surface area contributed by atoms with Crippen molar-refractivity contribution in [2.24, 2.45) is 5.92 Å². The second-order valence-electron chi connectivity index (χ2n) is 8.64. The second-order valence-corrected chi connectivity index (χ2v) is 8.64. The fourth-order valence-corrected chi connectivity index (χ4v) is 4.76. The van der Waals surface area contributed by atoms with Crippen LogP contribution in [0, 0.1) is 5.92 Å². The Hall–Kier alpha value is -2.73. The van der Waals surface area contributed by atoms with Gasteiger partial charge >= 0.3 is 0 Å². The highest BCUT2D eigenvalue weighted by Gasteiger charge is 2.32. The number of likely N-dealkylation sites (tertiary alicyclic amines) is 1. The van der Waals surface area contributed by atoms with E-state index in [0.717, 1.165) is 42.6 Å². The third-order valence-electron chi connectivity index (χ3n) is 6.57. The highest BCUT2D eigenvalue weighted by Crippen LogP contribution is 2.26. The Morgan fingerprint density at radius 3 is 2.61 bits per heavy atom. The zero-order valence-electron chi connectivity index (χ0n) is 18.3. The molecule has 0 radical (unpaired) electrons. The van der Waals surface area contributed by atoms with Crippen LogP contribution < -0.4 is 5.32 Å². The van der Waals surface area contributed by atoms with Crippen LogP contribution in [0.4, 0.5) is 0 Å². The summed E-state index contributed by atoms with van der Waals surface area (Å²) in [5.41, 5.74) is 3.32. The van der Waals surface area contributed by atoms with Crippen molar-refractivity contribution in [3.63, 3.8) is 0 Å². The third-order valence-corrected chi connectivity index (χ3v) is 6.57. The van der Waals surface area contributed by atoms with Crippen LogP contribution >= 0.6 is 0 Å². The summed E-state index contributed by atoms with van der Waals surface area (Å²) in [4.78, 5) is 34.4. The smallest absolute Gasteiger partial charge is 0.239 e. The quantitative estimate of drug-likeness (QED) is 0.808. The zero-order chi connectivity index (χ0) is 21.6. The molecule has 0 bridgehead atoms. The zero-order valence-corrected chi connectivity index (χ0v) is 18.3. The van der Waals surface area contributed by atoms with E-state index in [9.17, 15) is 9.59 Å². The Morgan fingerprint density at radius 1 is 1.10 bits per heavy atom. The summed E-state index contributed by atoms with van der Waals surface area (Å²) in [5.74, 6) is -0.0840. The van der Waals surface area contributed by atoms with Gasteiger partial charge in [0.1, 0.15) is 0 Å². The molecular formula is C25H32N4O2. The molecule has 1 aromatic carbocycles. The minimum atomic E-state index is -0.261. The van der Waals surface area contributed by atoms with E-state index >= 15 is 0 Å². The van der Waals surface area contributed by atoms with Crippen LogP contribution in [0.1, 0.15) is 31.7 Å². The molecule has 2 saturated heterocycles. The van der Waals surface area contributed by atoms with Gasteiger partial charge in [0, 0.05) is 32.0 Å². The maximum Gasteiger partial charge on any atom is 0.239 e. The van der Waals surface area contributed by atoms with Gasteiger partial charge in [0.05, 0.1) is 12.0 Å². The molecule has 31 heavy (non-hydrogen) atoms. The average Bonchev–Trinajstić information content (AvgIpc) is 3.01. The summed E-state index contributed by atoms with van der Waals surface area (Å²) in [6.45, 7) is 5.54. The molecule has 6 nitrogen and oxygen atoms in total. The number of pyridine rings is 1. The summed E-state index contributed by atoms with van der Waals surface area (Å²) in [6.07, 6.45) is 7.74. The second kappa shape index (κ2) is 10.1. The maximum atomic E-state index is 13.3. The molecule has 0 unspecified atom stereocenters. The predicted octanol–water partition coefficient (Wildman–Crippen LogP) is 2.74. The van der Waals surface area contributed by atoms with Gasteiger partial charge in [-0.1, -0.05) is 30.7 Å². The third kappa shape index (κ3) is 5.13. The summed E-state index contributed by atoms with van der Waals surface area (Å²) in [7, 11) is 0. The topological polar surface area (TPSA) is 65.5 Å². The SMILES string of the molecule is C[C@@H](C(=O)N1CCNC(=O)[C@H](Cc2ccccc2-c2ccncc2)C1)N1CCCCC1. The molecule has 2 amide bonds. The monoisotopic (exact) mass is 420 g/mol. The molecule has 0 spiro atoms. The molecule has 1 N–H and O–H groups in total. The van der Waals surface area contributed by atoms with Crippen molar-refractivity contribution in [3.05, 3.63) is 54.4 Å². The lowest BCUT2D eigenvalue weighted by Gasteiger charge is -2.35. The number of carbonyl (C=O) groups excluding carboxylic acids is 2. The number of nitrogens with one attached hydrogen (secondary N) is 1. The van der Waals surface area contributed by atoms with Gasteiger partial charge in [0.15, 0.2) is 0 Å². The van der Waals surface area contributed by atoms with Crippen LogP contribution in [0.3, 0.4) is 0 Å². The molecule has 6 heteroatoms. The van der Waals surface area contributed by atoms with E-state index in [-0.39, 0.29) is 23.8 Å². The van der Waals surface area contributed by atoms with Gasteiger partial charge in [-0.3, -0.25) is 19.5 Å². The van der Waals surface area contributed by atoms with Crippen LogP contribution in [0.5, 0.6) is 0 Å². The lowest BCUT2D eigenvalue weighted by Crippen LogP contribution is -2.50. The predicted molar refractivity (Wildman–Crippen MR) is 121 cm³/mol. The number of benzene rings is 1. The lowest BCUT2D eigenvalue weighted by molar-refractivity contribution is -0.137. The Labute approximate surface area is 184 Å². The van der Waals surface area contributed by atoms with Crippen LogP contribution in [-0.4, -0.2) is 65.4 Å². The first-order valence-electron chi connectivity index (χ1n) is 11.4. The van der Waals surface area contributed by atoms with Gasteiger partial charge in [-0.15, -0.1) is 0 Å². The molecule has 0 aliphatic carbocycles. The Balaban J connectivity index is 1.50. The van der Waals surface area contributed by atoms with Crippen molar-refractivity contribution in [2.45, 2.75) is 38.6 Å². The fourth-order valence-electron chi connectivity index (χ4n) is 4.76. The van der Waals surface area contributed by atoms with E-state index in [2.05, 4.69) is 27.3 Å². The number of aromatic nitrogens is 1. The first kappa shape index (κ1) is 21.5. The molecule has 2 aliphatic heterocycles. The van der Waals surface area contributed by atoms with Crippen molar-refractivity contribution in [2.75, 3.05) is 32.7 Å². The highest BCUT2D eigenvalue weighted by atomic mass is 16.2. The molecule has 2 atom stereocenters. The molecule has 2 fully saturated rings. The minimum absolute atomic E-state index is 0.0328. The maximum absolute atomic E-state index is 13.3. The Morgan fingerprint density at radius 2 is 1.84 bits per heavy atom. The van der Waals surface area contributed by atoms with Gasteiger partial charge in [0.25, 0.3) is 0 Å². The number of rotatable bonds is 5. The number of hydrogen-bond donors (Lipinski definition) is 1. The number of carbonyl (C=O) groups is 2. The van der Waals surface area contributed by atoms with E-state index in [4.69, 9.17) is 0 Å². The van der Waals surface area contributed by atoms with Gasteiger partial charge in [0.2, 0.25) is 11.8 Å². The molecule has 4 rings (SSSR count). The van der Waals surface area contributed by atoms with Crippen molar-refractivity contribution in [1.82, 2.24) is 20.1 Å². The van der Waals surface area contributed by atoms with Crippen LogP contribution in [0.15, 0.2) is 48.8 Å². The number of hydrogen-bond acceptors (Lipinski definition) is 4.